The molecule has 338 valence electrons. The number of epoxide rings is 1. The van der Waals surface area contributed by atoms with Gasteiger partial charge >= 0.3 is 5.97 Å². The van der Waals surface area contributed by atoms with E-state index in [-0.39, 0.29) is 43.4 Å². The van der Waals surface area contributed by atoms with E-state index in [2.05, 4.69) is 46.0 Å². The maximum absolute atomic E-state index is 14.5. The molecule has 8 atom stereocenters. The number of amides is 2. The number of allylic oxidation sites excluding steroid dienone is 1. The second-order valence-electron chi connectivity index (χ2n) is 19.7. The predicted molar refractivity (Wildman–Crippen MR) is 241 cm³/mol. The van der Waals surface area contributed by atoms with Crippen molar-refractivity contribution < 1.29 is 38.4 Å². The Labute approximate surface area is 370 Å². The van der Waals surface area contributed by atoms with Gasteiger partial charge in [0.15, 0.2) is 5.79 Å². The van der Waals surface area contributed by atoms with E-state index in [1.807, 2.05) is 60.7 Å². The van der Waals surface area contributed by atoms with Crippen LogP contribution in [0.1, 0.15) is 146 Å². The number of rotatable bonds is 18. The molecule has 0 spiro atoms. The number of fused-ring (bicyclic) bond motifs is 3. The number of hydrogen-bond donors (Lipinski definition) is 2. The van der Waals surface area contributed by atoms with Gasteiger partial charge in [0.2, 0.25) is 11.8 Å². The number of carbonyl (C=O) groups excluding carboxylic acids is 3. The summed E-state index contributed by atoms with van der Waals surface area (Å²) in [7, 11) is 1.63. The Kier molecular flexibility index (Phi) is 14.8. The Balaban J connectivity index is 1.12. The highest BCUT2D eigenvalue weighted by Gasteiger charge is 2.56. The fourth-order valence-corrected chi connectivity index (χ4v) is 10.8. The van der Waals surface area contributed by atoms with Crippen LogP contribution in [-0.2, 0) is 35.0 Å². The van der Waals surface area contributed by atoms with E-state index in [1.165, 1.54) is 23.3 Å². The van der Waals surface area contributed by atoms with Gasteiger partial charge in [-0.25, -0.2) is 4.79 Å². The van der Waals surface area contributed by atoms with Crippen molar-refractivity contribution in [1.29, 1.82) is 0 Å². The van der Waals surface area contributed by atoms with Crippen molar-refractivity contribution in [2.45, 2.75) is 173 Å². The fraction of sp³-hybridized carbons (Fsp3) is 0.635. The molecule has 2 aromatic carbocycles. The number of benzene rings is 2. The molecular weight excluding hydrogens is 781 g/mol. The standard InChI is InChI=1S/C52H72N2O8/c1-7-9-14-25-52(26-15-10-8-2)60-44-33-39(48(57)54(6)42(47(56)53-28-29-55)31-35-16-12-11-13-17-35)32-43(46(44)62-52)59-49(58)37-20-18-36(19-21-37)30-38-22-23-45-51(5,61-45)27-24-41-40(38)34-50(41,3)4/h11-13,16-21,30,33,40-46,55H,7-10,14-15,22-29,31-32,34H2,1-6H3,(H,53,56). The largest absolute Gasteiger partial charge is 0.456 e. The number of nitrogens with zero attached hydrogens (tertiary/aromatic N) is 1. The summed E-state index contributed by atoms with van der Waals surface area (Å²) in [5.74, 6) is -0.818. The van der Waals surface area contributed by atoms with Gasteiger partial charge in [-0.1, -0.05) is 107 Å². The van der Waals surface area contributed by atoms with E-state index < -0.39 is 36.1 Å². The van der Waals surface area contributed by atoms with E-state index in [0.29, 0.717) is 47.3 Å². The van der Waals surface area contributed by atoms with Crippen molar-refractivity contribution in [3.05, 3.63) is 88.5 Å². The number of unbranched alkanes of at least 4 members (excludes halogenated alkanes) is 4. The summed E-state index contributed by atoms with van der Waals surface area (Å²) in [6, 6.07) is 16.4. The van der Waals surface area contributed by atoms with Gasteiger partial charge < -0.3 is 34.3 Å². The first-order chi connectivity index (χ1) is 29.8. The Morgan fingerprint density at radius 1 is 0.935 bits per heavy atom. The van der Waals surface area contributed by atoms with Crippen molar-refractivity contribution >= 4 is 23.9 Å². The number of esters is 1. The maximum atomic E-state index is 14.5. The van der Waals surface area contributed by atoms with Gasteiger partial charge in [0.25, 0.3) is 0 Å². The molecule has 7 rings (SSSR count). The minimum atomic E-state index is -0.852. The second-order valence-corrected chi connectivity index (χ2v) is 19.7. The van der Waals surface area contributed by atoms with Crippen molar-refractivity contribution in [2.75, 3.05) is 20.2 Å². The molecule has 2 N–H and O–H groups in total. The highest BCUT2D eigenvalue weighted by atomic mass is 16.8. The Morgan fingerprint density at radius 3 is 2.31 bits per heavy atom. The molecule has 0 bridgehead atoms. The minimum Gasteiger partial charge on any atom is -0.456 e. The lowest BCUT2D eigenvalue weighted by Crippen LogP contribution is -2.51. The summed E-state index contributed by atoms with van der Waals surface area (Å²) in [6.07, 6.45) is 16.0. The lowest BCUT2D eigenvalue weighted by Gasteiger charge is -2.53. The predicted octanol–water partition coefficient (Wildman–Crippen LogP) is 9.14. The third-order valence-corrected chi connectivity index (χ3v) is 14.7. The first-order valence-corrected chi connectivity index (χ1v) is 23.7. The molecule has 2 aromatic rings. The van der Waals surface area contributed by atoms with E-state index in [1.54, 1.807) is 7.05 Å². The molecule has 2 amide bonds. The number of hydrogen-bond acceptors (Lipinski definition) is 8. The van der Waals surface area contributed by atoms with E-state index in [9.17, 15) is 19.5 Å². The van der Waals surface area contributed by atoms with Crippen LogP contribution < -0.4 is 5.32 Å². The molecule has 62 heavy (non-hydrogen) atoms. The van der Waals surface area contributed by atoms with Crippen LogP contribution in [0.3, 0.4) is 0 Å². The van der Waals surface area contributed by atoms with Gasteiger partial charge in [-0.15, -0.1) is 0 Å². The molecule has 10 heteroatoms. The molecule has 10 nitrogen and oxygen atoms in total. The van der Waals surface area contributed by atoms with Gasteiger partial charge in [-0.05, 0) is 98.5 Å². The van der Waals surface area contributed by atoms with Gasteiger partial charge in [-0.3, -0.25) is 9.59 Å². The van der Waals surface area contributed by atoms with Crippen molar-refractivity contribution in [3.8, 4) is 0 Å². The number of carbonyl (C=O) groups is 3. The molecule has 2 heterocycles. The fourth-order valence-electron chi connectivity index (χ4n) is 10.8. The molecule has 2 saturated heterocycles. The van der Waals surface area contributed by atoms with Crippen molar-refractivity contribution in [3.63, 3.8) is 0 Å². The summed E-state index contributed by atoms with van der Waals surface area (Å²) in [5, 5.41) is 12.2. The molecular formula is C52H72N2O8. The maximum Gasteiger partial charge on any atom is 0.338 e. The number of likely N-dealkylation sites (N-methyl/N-ethyl adjacent to an activating group) is 1. The van der Waals surface area contributed by atoms with Crippen LogP contribution in [0.25, 0.3) is 6.08 Å². The van der Waals surface area contributed by atoms with Crippen LogP contribution in [0, 0.1) is 17.3 Å². The molecule has 4 fully saturated rings. The highest BCUT2D eigenvalue weighted by Crippen LogP contribution is 2.60. The molecule has 0 radical (unpaired) electrons. The van der Waals surface area contributed by atoms with Crippen LogP contribution in [0.4, 0.5) is 0 Å². The summed E-state index contributed by atoms with van der Waals surface area (Å²) in [6.45, 7) is 11.3. The smallest absolute Gasteiger partial charge is 0.338 e. The lowest BCUT2D eigenvalue weighted by atomic mass is 9.52. The molecule has 2 aliphatic heterocycles. The van der Waals surface area contributed by atoms with Crippen molar-refractivity contribution in [2.24, 2.45) is 17.3 Å². The summed E-state index contributed by atoms with van der Waals surface area (Å²) >= 11 is 0. The Hall–Kier alpha value is -3.83. The van der Waals surface area contributed by atoms with E-state index in [4.69, 9.17) is 18.9 Å². The third-order valence-electron chi connectivity index (χ3n) is 14.7. The Bertz CT molecular complexity index is 1920. The summed E-state index contributed by atoms with van der Waals surface area (Å²) in [4.78, 5) is 43.7. The van der Waals surface area contributed by atoms with Gasteiger partial charge in [0, 0.05) is 44.8 Å². The van der Waals surface area contributed by atoms with Crippen LogP contribution in [-0.4, -0.2) is 89.8 Å². The van der Waals surface area contributed by atoms with Crippen LogP contribution in [0.5, 0.6) is 0 Å². The average molecular weight is 853 g/mol. The number of aliphatic hydroxyl groups is 1. The molecule has 0 aromatic heterocycles. The van der Waals surface area contributed by atoms with Crippen LogP contribution in [0.15, 0.2) is 71.8 Å². The topological polar surface area (TPSA) is 127 Å². The zero-order valence-corrected chi connectivity index (χ0v) is 38.2. The molecule has 5 aliphatic rings. The number of ether oxygens (including phenoxy) is 4. The second kappa shape index (κ2) is 19.9. The van der Waals surface area contributed by atoms with Crippen LogP contribution >= 0.6 is 0 Å². The first-order valence-electron chi connectivity index (χ1n) is 23.7. The minimum absolute atomic E-state index is 0.0367. The lowest BCUT2D eigenvalue weighted by molar-refractivity contribution is -0.190. The van der Waals surface area contributed by atoms with Crippen LogP contribution in [0.2, 0.25) is 0 Å². The van der Waals surface area contributed by atoms with E-state index in [0.717, 1.165) is 68.9 Å². The third kappa shape index (κ3) is 10.6. The Morgan fingerprint density at radius 2 is 1.65 bits per heavy atom. The molecule has 2 saturated carbocycles. The molecule has 8 unspecified atom stereocenters. The van der Waals surface area contributed by atoms with Gasteiger partial charge in [0.1, 0.15) is 24.4 Å². The number of aliphatic hydroxyl groups excluding tert-OH is 1. The zero-order chi connectivity index (χ0) is 44.1. The summed E-state index contributed by atoms with van der Waals surface area (Å²) in [5.41, 5.74) is 4.66. The quantitative estimate of drug-likeness (QED) is 0.0865. The van der Waals surface area contributed by atoms with Gasteiger partial charge in [-0.2, -0.15) is 0 Å². The highest BCUT2D eigenvalue weighted by molar-refractivity contribution is 5.97. The summed E-state index contributed by atoms with van der Waals surface area (Å²) < 4.78 is 26.3. The van der Waals surface area contributed by atoms with E-state index >= 15 is 0 Å². The van der Waals surface area contributed by atoms with Crippen molar-refractivity contribution in [1.82, 2.24) is 10.2 Å². The molecule has 3 aliphatic carbocycles. The normalized spacial score (nSPS) is 29.3. The monoisotopic (exact) mass is 853 g/mol. The number of nitrogens with one attached hydrogen (secondary N) is 1. The SMILES string of the molecule is CCCCCC1(CCCCC)OC2C=C(C(=O)N(C)C(Cc3ccccc3)C(=O)NCCO)CC(OC(=O)c3ccc(C=C4CCC5OC5(C)CCC5C4CC5(C)C)cc3)C2O1. The first kappa shape index (κ1) is 46.2. The van der Waals surface area contributed by atoms with Gasteiger partial charge in [0.05, 0.1) is 23.9 Å². The average Bonchev–Trinajstić information content (AvgIpc) is 3.74. The zero-order valence-electron chi connectivity index (χ0n) is 38.2.